The van der Waals surface area contributed by atoms with E-state index in [0.29, 0.717) is 28.4 Å². The average molecular weight is 431 g/mol. The Morgan fingerprint density at radius 2 is 1.39 bits per heavy atom. The molecule has 0 spiro atoms. The molecule has 0 heterocycles. The number of benzene rings is 3. The number of hydrogen-bond acceptors (Lipinski definition) is 4. The van der Waals surface area contributed by atoms with Crippen LogP contribution in [0, 0.1) is 0 Å². The highest BCUT2D eigenvalue weighted by atomic mass is 19.4. The predicted octanol–water partition coefficient (Wildman–Crippen LogP) is 5.65. The molecule has 3 rings (SSSR count). The van der Waals surface area contributed by atoms with Gasteiger partial charge in [-0.05, 0) is 54.6 Å². The molecule has 0 aliphatic heterocycles. The standard InChI is InChI=1S/C23H20F3NO4/c1-29-18-12-7-14(13-17(18)21-19(30-2)5-4-6-20(21)31-3)22(28)27-16-10-8-15(9-11-16)23(24,25)26/h4-13H,1-3H3,(H,27,28). The van der Waals surface area contributed by atoms with Gasteiger partial charge < -0.3 is 19.5 Å². The summed E-state index contributed by atoms with van der Waals surface area (Å²) in [5.74, 6) is 1.06. The van der Waals surface area contributed by atoms with Crippen molar-refractivity contribution in [2.75, 3.05) is 26.6 Å². The normalized spacial score (nSPS) is 11.0. The van der Waals surface area contributed by atoms with Crippen LogP contribution in [-0.4, -0.2) is 27.2 Å². The van der Waals surface area contributed by atoms with Gasteiger partial charge in [-0.3, -0.25) is 4.79 Å². The van der Waals surface area contributed by atoms with E-state index in [9.17, 15) is 18.0 Å². The molecule has 0 atom stereocenters. The van der Waals surface area contributed by atoms with E-state index < -0.39 is 17.6 Å². The zero-order chi connectivity index (χ0) is 22.6. The number of carbonyl (C=O) groups is 1. The van der Waals surface area contributed by atoms with Crippen LogP contribution in [0.3, 0.4) is 0 Å². The quantitative estimate of drug-likeness (QED) is 0.548. The molecule has 5 nitrogen and oxygen atoms in total. The summed E-state index contributed by atoms with van der Waals surface area (Å²) in [7, 11) is 4.54. The molecular formula is C23H20F3NO4. The van der Waals surface area contributed by atoms with Gasteiger partial charge in [-0.15, -0.1) is 0 Å². The van der Waals surface area contributed by atoms with Gasteiger partial charge in [0.15, 0.2) is 0 Å². The second-order valence-corrected chi connectivity index (χ2v) is 6.48. The Balaban J connectivity index is 1.97. The second-order valence-electron chi connectivity index (χ2n) is 6.48. The van der Waals surface area contributed by atoms with Crippen LogP contribution in [0.5, 0.6) is 17.2 Å². The lowest BCUT2D eigenvalue weighted by Crippen LogP contribution is -2.12. The summed E-state index contributed by atoms with van der Waals surface area (Å²) in [6.07, 6.45) is -4.44. The second kappa shape index (κ2) is 8.99. The minimum absolute atomic E-state index is 0.241. The number of methoxy groups -OCH3 is 3. The maximum absolute atomic E-state index is 12.8. The van der Waals surface area contributed by atoms with Crippen LogP contribution in [-0.2, 0) is 6.18 Å². The summed E-state index contributed by atoms with van der Waals surface area (Å²) in [5, 5.41) is 2.60. The van der Waals surface area contributed by atoms with Crippen LogP contribution in [0.4, 0.5) is 18.9 Å². The summed E-state index contributed by atoms with van der Waals surface area (Å²) in [4.78, 5) is 12.8. The van der Waals surface area contributed by atoms with Gasteiger partial charge in [0.25, 0.3) is 5.91 Å². The van der Waals surface area contributed by atoms with Gasteiger partial charge in [0.2, 0.25) is 0 Å². The zero-order valence-corrected chi connectivity index (χ0v) is 17.0. The monoisotopic (exact) mass is 431 g/mol. The van der Waals surface area contributed by atoms with E-state index in [0.717, 1.165) is 12.1 Å². The molecule has 0 aliphatic carbocycles. The molecule has 0 fully saturated rings. The SMILES string of the molecule is COc1ccc(C(=O)Nc2ccc(C(F)(F)F)cc2)cc1-c1c(OC)cccc1OC. The van der Waals surface area contributed by atoms with Crippen LogP contribution in [0.2, 0.25) is 0 Å². The van der Waals surface area contributed by atoms with Crippen LogP contribution in [0.25, 0.3) is 11.1 Å². The number of amides is 1. The van der Waals surface area contributed by atoms with Crippen molar-refractivity contribution in [3.05, 3.63) is 71.8 Å². The van der Waals surface area contributed by atoms with Gasteiger partial charge in [-0.25, -0.2) is 0 Å². The van der Waals surface area contributed by atoms with Gasteiger partial charge in [0, 0.05) is 16.8 Å². The summed E-state index contributed by atoms with van der Waals surface area (Å²) in [6, 6.07) is 14.3. The third kappa shape index (κ3) is 4.74. The van der Waals surface area contributed by atoms with Crippen LogP contribution in [0.1, 0.15) is 15.9 Å². The first-order chi connectivity index (χ1) is 14.8. The number of ether oxygens (including phenoxy) is 3. The van der Waals surface area contributed by atoms with Crippen LogP contribution >= 0.6 is 0 Å². The molecular weight excluding hydrogens is 411 g/mol. The Morgan fingerprint density at radius 1 is 0.806 bits per heavy atom. The lowest BCUT2D eigenvalue weighted by molar-refractivity contribution is -0.137. The molecule has 0 saturated heterocycles. The average Bonchev–Trinajstić information content (AvgIpc) is 2.77. The van der Waals surface area contributed by atoms with Crippen LogP contribution in [0.15, 0.2) is 60.7 Å². The van der Waals surface area contributed by atoms with Crippen molar-refractivity contribution < 1.29 is 32.2 Å². The number of carbonyl (C=O) groups excluding carboxylic acids is 1. The van der Waals surface area contributed by atoms with E-state index >= 15 is 0 Å². The van der Waals surface area contributed by atoms with E-state index in [1.165, 1.54) is 33.5 Å². The Kier molecular flexibility index (Phi) is 6.39. The first kappa shape index (κ1) is 22.0. The molecule has 3 aromatic rings. The van der Waals surface area contributed by atoms with Crippen molar-refractivity contribution in [1.29, 1.82) is 0 Å². The molecule has 0 unspecified atom stereocenters. The molecule has 0 aromatic heterocycles. The highest BCUT2D eigenvalue weighted by molar-refractivity contribution is 6.05. The van der Waals surface area contributed by atoms with Crippen molar-refractivity contribution in [3.63, 3.8) is 0 Å². The van der Waals surface area contributed by atoms with E-state index in [1.54, 1.807) is 36.4 Å². The minimum atomic E-state index is -4.44. The first-order valence-electron chi connectivity index (χ1n) is 9.16. The van der Waals surface area contributed by atoms with Gasteiger partial charge in [0.05, 0.1) is 32.5 Å². The molecule has 0 bridgehead atoms. The summed E-state index contributed by atoms with van der Waals surface area (Å²) in [6.45, 7) is 0. The van der Waals surface area contributed by atoms with Crippen molar-refractivity contribution in [2.24, 2.45) is 0 Å². The summed E-state index contributed by atoms with van der Waals surface area (Å²) in [5.41, 5.74) is 0.903. The number of rotatable bonds is 6. The number of anilines is 1. The molecule has 1 amide bonds. The van der Waals surface area contributed by atoms with Crippen LogP contribution < -0.4 is 19.5 Å². The van der Waals surface area contributed by atoms with Gasteiger partial charge in [-0.1, -0.05) is 6.07 Å². The van der Waals surface area contributed by atoms with Gasteiger partial charge >= 0.3 is 6.18 Å². The highest BCUT2D eigenvalue weighted by Gasteiger charge is 2.30. The van der Waals surface area contributed by atoms with E-state index in [4.69, 9.17) is 14.2 Å². The third-order valence-corrected chi connectivity index (χ3v) is 4.63. The molecule has 3 aromatic carbocycles. The minimum Gasteiger partial charge on any atom is -0.496 e. The van der Waals surface area contributed by atoms with Crippen molar-refractivity contribution in [1.82, 2.24) is 0 Å². The number of alkyl halides is 3. The lowest BCUT2D eigenvalue weighted by Gasteiger charge is -2.17. The predicted molar refractivity (Wildman–Crippen MR) is 111 cm³/mol. The number of halogens is 3. The lowest BCUT2D eigenvalue weighted by atomic mass is 9.99. The molecule has 0 aliphatic rings. The molecule has 162 valence electrons. The summed E-state index contributed by atoms with van der Waals surface area (Å²) >= 11 is 0. The third-order valence-electron chi connectivity index (χ3n) is 4.63. The first-order valence-corrected chi connectivity index (χ1v) is 9.16. The van der Waals surface area contributed by atoms with Crippen molar-refractivity contribution in [3.8, 4) is 28.4 Å². The fourth-order valence-electron chi connectivity index (χ4n) is 3.11. The summed E-state index contributed by atoms with van der Waals surface area (Å²) < 4.78 is 54.5. The molecule has 0 radical (unpaired) electrons. The topological polar surface area (TPSA) is 56.8 Å². The highest BCUT2D eigenvalue weighted by Crippen LogP contribution is 2.43. The Hall–Kier alpha value is -3.68. The van der Waals surface area contributed by atoms with Crippen molar-refractivity contribution in [2.45, 2.75) is 6.18 Å². The largest absolute Gasteiger partial charge is 0.496 e. The maximum atomic E-state index is 12.8. The van der Waals surface area contributed by atoms with Gasteiger partial charge in [-0.2, -0.15) is 13.2 Å². The smallest absolute Gasteiger partial charge is 0.416 e. The zero-order valence-electron chi connectivity index (χ0n) is 17.0. The van der Waals surface area contributed by atoms with Gasteiger partial charge in [0.1, 0.15) is 17.2 Å². The number of nitrogens with one attached hydrogen (secondary N) is 1. The Morgan fingerprint density at radius 3 is 1.90 bits per heavy atom. The molecule has 31 heavy (non-hydrogen) atoms. The van der Waals surface area contributed by atoms with E-state index in [2.05, 4.69) is 5.32 Å². The van der Waals surface area contributed by atoms with Crippen molar-refractivity contribution >= 4 is 11.6 Å². The van der Waals surface area contributed by atoms with E-state index in [-0.39, 0.29) is 11.3 Å². The molecule has 1 N–H and O–H groups in total. The Bertz CT molecular complexity index is 1060. The molecule has 8 heteroatoms. The Labute approximate surface area is 177 Å². The van der Waals surface area contributed by atoms with E-state index in [1.807, 2.05) is 0 Å². The fourth-order valence-corrected chi connectivity index (χ4v) is 3.11. The molecule has 0 saturated carbocycles. The number of hydrogen-bond donors (Lipinski definition) is 1. The maximum Gasteiger partial charge on any atom is 0.416 e. The fraction of sp³-hybridized carbons (Fsp3) is 0.174.